The first-order valence-corrected chi connectivity index (χ1v) is 9.42. The van der Waals surface area contributed by atoms with Gasteiger partial charge in [-0.2, -0.15) is 0 Å². The SMILES string of the molecule is CCOC(=O)Nc1cc(N)c2c(c1)NC(=O)CCC=CCCc1nc-2c(Cl)[nH]1. The number of nitrogens with zero attached hydrogens (tertiary/aromatic N) is 1. The monoisotopic (exact) mass is 403 g/mol. The molecule has 9 heteroatoms. The second kappa shape index (κ2) is 8.79. The maximum atomic E-state index is 12.4. The summed E-state index contributed by atoms with van der Waals surface area (Å²) in [6.45, 7) is 1.95. The molecule has 2 heterocycles. The van der Waals surface area contributed by atoms with E-state index in [0.717, 1.165) is 12.2 Å². The largest absolute Gasteiger partial charge is 0.450 e. The van der Waals surface area contributed by atoms with E-state index in [1.54, 1.807) is 19.1 Å². The zero-order valence-corrected chi connectivity index (χ0v) is 16.2. The van der Waals surface area contributed by atoms with E-state index in [2.05, 4.69) is 20.6 Å². The van der Waals surface area contributed by atoms with Crippen LogP contribution in [0.2, 0.25) is 5.15 Å². The van der Waals surface area contributed by atoms with Gasteiger partial charge in [-0.3, -0.25) is 10.1 Å². The Bertz CT molecular complexity index is 923. The summed E-state index contributed by atoms with van der Waals surface area (Å²) in [7, 11) is 0. The van der Waals surface area contributed by atoms with Gasteiger partial charge >= 0.3 is 6.09 Å². The van der Waals surface area contributed by atoms with E-state index < -0.39 is 6.09 Å². The molecule has 1 aromatic carbocycles. The molecular formula is C19H22ClN5O3. The number of hydrogen-bond donors (Lipinski definition) is 4. The minimum absolute atomic E-state index is 0.176. The number of imidazole rings is 1. The number of hydrogen-bond acceptors (Lipinski definition) is 5. The molecule has 0 aliphatic carbocycles. The van der Waals surface area contributed by atoms with Crippen LogP contribution in [-0.4, -0.2) is 28.6 Å². The van der Waals surface area contributed by atoms with Crippen LogP contribution in [0.25, 0.3) is 11.3 Å². The van der Waals surface area contributed by atoms with Crippen LogP contribution in [0.3, 0.4) is 0 Å². The van der Waals surface area contributed by atoms with Gasteiger partial charge in [0, 0.05) is 24.2 Å². The molecule has 0 unspecified atom stereocenters. The molecule has 1 aromatic heterocycles. The number of ether oxygens (including phenoxy) is 1. The van der Waals surface area contributed by atoms with Crippen LogP contribution in [0.5, 0.6) is 0 Å². The molecule has 0 spiro atoms. The van der Waals surface area contributed by atoms with Crippen molar-refractivity contribution in [2.24, 2.45) is 0 Å². The van der Waals surface area contributed by atoms with Crippen molar-refractivity contribution in [1.82, 2.24) is 9.97 Å². The number of benzene rings is 1. The third-order valence-corrected chi connectivity index (χ3v) is 4.44. The van der Waals surface area contributed by atoms with Crippen LogP contribution in [0.4, 0.5) is 21.9 Å². The average molecular weight is 404 g/mol. The maximum Gasteiger partial charge on any atom is 0.411 e. The lowest BCUT2D eigenvalue weighted by Gasteiger charge is -2.15. The number of nitrogens with one attached hydrogen (secondary N) is 3. The number of allylic oxidation sites excluding steroid dienone is 2. The maximum absolute atomic E-state index is 12.4. The number of H-pyrrole nitrogens is 1. The number of carbonyl (C=O) groups excluding carboxylic acids is 2. The smallest absolute Gasteiger partial charge is 0.411 e. The summed E-state index contributed by atoms with van der Waals surface area (Å²) in [5.74, 6) is 0.555. The molecule has 28 heavy (non-hydrogen) atoms. The number of nitrogens with two attached hydrogens (primary N) is 1. The van der Waals surface area contributed by atoms with E-state index in [1.165, 1.54) is 0 Å². The first-order chi connectivity index (χ1) is 13.5. The zero-order valence-electron chi connectivity index (χ0n) is 15.5. The van der Waals surface area contributed by atoms with Crippen molar-refractivity contribution in [2.75, 3.05) is 23.0 Å². The first-order valence-electron chi connectivity index (χ1n) is 9.04. The highest BCUT2D eigenvalue weighted by molar-refractivity contribution is 6.32. The lowest BCUT2D eigenvalue weighted by molar-refractivity contribution is -0.116. The molecule has 0 saturated carbocycles. The molecule has 148 valence electrons. The van der Waals surface area contributed by atoms with E-state index in [0.29, 0.717) is 52.7 Å². The Morgan fingerprint density at radius 3 is 2.82 bits per heavy atom. The Balaban J connectivity index is 2.07. The van der Waals surface area contributed by atoms with Gasteiger partial charge in [-0.25, -0.2) is 9.78 Å². The lowest BCUT2D eigenvalue weighted by atomic mass is 10.1. The number of anilines is 3. The zero-order chi connectivity index (χ0) is 20.1. The molecule has 2 amide bonds. The minimum atomic E-state index is -0.608. The Hall–Kier alpha value is -3.00. The van der Waals surface area contributed by atoms with Crippen LogP contribution in [0.1, 0.15) is 32.0 Å². The predicted molar refractivity (Wildman–Crippen MR) is 109 cm³/mol. The number of aryl methyl sites for hydroxylation is 1. The number of amides is 2. The summed E-state index contributed by atoms with van der Waals surface area (Å²) >= 11 is 6.36. The van der Waals surface area contributed by atoms with Gasteiger partial charge in [0.2, 0.25) is 5.91 Å². The minimum Gasteiger partial charge on any atom is -0.450 e. The van der Waals surface area contributed by atoms with Gasteiger partial charge in [0.05, 0.1) is 17.9 Å². The quantitative estimate of drug-likeness (QED) is 0.444. The Labute approximate surface area is 167 Å². The van der Waals surface area contributed by atoms with Crippen molar-refractivity contribution >= 4 is 40.7 Å². The van der Waals surface area contributed by atoms with Crippen LogP contribution < -0.4 is 16.4 Å². The Morgan fingerprint density at radius 1 is 1.32 bits per heavy atom. The van der Waals surface area contributed by atoms with Gasteiger partial charge in [-0.1, -0.05) is 23.8 Å². The van der Waals surface area contributed by atoms with Gasteiger partial charge < -0.3 is 20.8 Å². The first kappa shape index (κ1) is 19.8. The molecule has 3 rings (SSSR count). The fourth-order valence-corrected chi connectivity index (χ4v) is 3.20. The Morgan fingerprint density at radius 2 is 2.07 bits per heavy atom. The van der Waals surface area contributed by atoms with E-state index >= 15 is 0 Å². The number of aromatic nitrogens is 2. The summed E-state index contributed by atoms with van der Waals surface area (Å²) < 4.78 is 4.89. The third kappa shape index (κ3) is 4.64. The number of fused-ring (bicyclic) bond motifs is 4. The number of nitrogen functional groups attached to an aromatic ring is 1. The molecule has 1 aliphatic heterocycles. The highest BCUT2D eigenvalue weighted by Gasteiger charge is 2.20. The van der Waals surface area contributed by atoms with E-state index in [4.69, 9.17) is 22.1 Å². The fourth-order valence-electron chi connectivity index (χ4n) is 2.95. The topological polar surface area (TPSA) is 122 Å². The average Bonchev–Trinajstić information content (AvgIpc) is 2.98. The van der Waals surface area contributed by atoms with Crippen molar-refractivity contribution < 1.29 is 14.3 Å². The highest BCUT2D eigenvalue weighted by Crippen LogP contribution is 2.39. The second-order valence-corrected chi connectivity index (χ2v) is 6.65. The van der Waals surface area contributed by atoms with E-state index in [1.807, 2.05) is 12.2 Å². The molecule has 2 bridgehead atoms. The van der Waals surface area contributed by atoms with Gasteiger partial charge in [0.15, 0.2) is 0 Å². The molecule has 0 radical (unpaired) electrons. The number of halogens is 1. The molecule has 2 aromatic rings. The molecule has 5 N–H and O–H groups in total. The fraction of sp³-hybridized carbons (Fsp3) is 0.316. The molecule has 0 saturated heterocycles. The molecular weight excluding hydrogens is 382 g/mol. The summed E-state index contributed by atoms with van der Waals surface area (Å²) in [6.07, 6.45) is 5.81. The van der Waals surface area contributed by atoms with Crippen LogP contribution in [0.15, 0.2) is 24.3 Å². The van der Waals surface area contributed by atoms with Gasteiger partial charge in [-0.15, -0.1) is 0 Å². The number of aromatic amines is 1. The van der Waals surface area contributed by atoms with Crippen molar-refractivity contribution in [3.63, 3.8) is 0 Å². The highest BCUT2D eigenvalue weighted by atomic mass is 35.5. The van der Waals surface area contributed by atoms with Gasteiger partial charge in [0.1, 0.15) is 16.7 Å². The van der Waals surface area contributed by atoms with Crippen molar-refractivity contribution in [1.29, 1.82) is 0 Å². The van der Waals surface area contributed by atoms with E-state index in [9.17, 15) is 9.59 Å². The van der Waals surface area contributed by atoms with Crippen molar-refractivity contribution in [3.8, 4) is 11.3 Å². The van der Waals surface area contributed by atoms with Crippen LogP contribution in [0, 0.1) is 0 Å². The van der Waals surface area contributed by atoms with Gasteiger partial charge in [0.25, 0.3) is 0 Å². The molecule has 0 fully saturated rings. The molecule has 8 nitrogen and oxygen atoms in total. The second-order valence-electron chi connectivity index (χ2n) is 6.28. The normalized spacial score (nSPS) is 14.1. The van der Waals surface area contributed by atoms with Crippen LogP contribution >= 0.6 is 11.6 Å². The van der Waals surface area contributed by atoms with Crippen molar-refractivity contribution in [2.45, 2.75) is 32.6 Å². The van der Waals surface area contributed by atoms with Gasteiger partial charge in [-0.05, 0) is 31.9 Å². The lowest BCUT2D eigenvalue weighted by Crippen LogP contribution is -2.16. The standard InChI is InChI=1S/C19H22ClN5O3/c1-2-28-19(27)22-11-9-12(21)16-13(10-11)23-15(26)8-6-4-3-5-7-14-24-17(16)18(20)25-14/h3-4,9-10H,2,5-8,21H2,1H3,(H,22,27)(H,23,26)(H,24,25). The Kier molecular flexibility index (Phi) is 6.20. The molecule has 1 aliphatic rings. The molecule has 0 atom stereocenters. The summed E-state index contributed by atoms with van der Waals surface area (Å²) in [5.41, 5.74) is 8.33. The van der Waals surface area contributed by atoms with Crippen LogP contribution in [-0.2, 0) is 16.0 Å². The summed E-state index contributed by atoms with van der Waals surface area (Å²) in [4.78, 5) is 31.7. The third-order valence-electron chi connectivity index (χ3n) is 4.16. The number of rotatable bonds is 2. The summed E-state index contributed by atoms with van der Waals surface area (Å²) in [6, 6.07) is 3.19. The van der Waals surface area contributed by atoms with E-state index in [-0.39, 0.29) is 12.5 Å². The predicted octanol–water partition coefficient (Wildman–Crippen LogP) is 4.10. The summed E-state index contributed by atoms with van der Waals surface area (Å²) in [5, 5.41) is 5.79. The van der Waals surface area contributed by atoms with Crippen molar-refractivity contribution in [3.05, 3.63) is 35.3 Å². The number of carbonyl (C=O) groups is 2.